The maximum absolute atomic E-state index is 12.3. The molecule has 2 amide bonds. The van der Waals surface area contributed by atoms with E-state index in [9.17, 15) is 14.4 Å². The number of carbonyl (C=O) groups excluding carboxylic acids is 2. The highest BCUT2D eigenvalue weighted by Crippen LogP contribution is 2.26. The topological polar surface area (TPSA) is 93.8 Å². The molecular formula is C20H20ClN3O5S. The molecule has 0 saturated carbocycles. The van der Waals surface area contributed by atoms with Crippen LogP contribution in [0.3, 0.4) is 0 Å². The van der Waals surface area contributed by atoms with Crippen molar-refractivity contribution in [2.75, 3.05) is 18.0 Å². The fourth-order valence-electron chi connectivity index (χ4n) is 3.40. The van der Waals surface area contributed by atoms with E-state index in [2.05, 4.69) is 5.32 Å². The number of nitrogens with zero attached hydrogens (tertiary/aromatic N) is 2. The number of aromatic nitrogens is 1. The monoisotopic (exact) mass is 449 g/mol. The first-order valence-electron chi connectivity index (χ1n) is 9.57. The lowest BCUT2D eigenvalue weighted by molar-refractivity contribution is -0.121. The zero-order valence-electron chi connectivity index (χ0n) is 16.2. The molecule has 1 atom stereocenters. The molecular weight excluding hydrogens is 430 g/mol. The van der Waals surface area contributed by atoms with Gasteiger partial charge in [-0.15, -0.1) is 11.3 Å². The van der Waals surface area contributed by atoms with Crippen molar-refractivity contribution in [2.45, 2.75) is 32.4 Å². The molecule has 1 N–H and O–H groups in total. The Morgan fingerprint density at radius 1 is 1.30 bits per heavy atom. The molecule has 0 radical (unpaired) electrons. The molecule has 10 heteroatoms. The van der Waals surface area contributed by atoms with E-state index in [1.807, 2.05) is 19.1 Å². The summed E-state index contributed by atoms with van der Waals surface area (Å²) < 4.78 is 12.8. The van der Waals surface area contributed by atoms with Crippen molar-refractivity contribution in [1.29, 1.82) is 0 Å². The molecule has 3 aromatic rings. The molecule has 8 nitrogen and oxygen atoms in total. The molecule has 158 valence electrons. The molecule has 0 aliphatic carbocycles. The fraction of sp³-hybridized carbons (Fsp3) is 0.350. The van der Waals surface area contributed by atoms with Crippen LogP contribution < -0.4 is 16.0 Å². The predicted octanol–water partition coefficient (Wildman–Crippen LogP) is 3.40. The van der Waals surface area contributed by atoms with E-state index in [-0.39, 0.29) is 12.5 Å². The average molecular weight is 450 g/mol. The van der Waals surface area contributed by atoms with E-state index in [1.165, 1.54) is 20.8 Å². The van der Waals surface area contributed by atoms with Gasteiger partial charge in [0.15, 0.2) is 5.58 Å². The Morgan fingerprint density at radius 3 is 2.87 bits per heavy atom. The lowest BCUT2D eigenvalue weighted by atomic mass is 10.2. The molecule has 0 spiro atoms. The molecule has 30 heavy (non-hydrogen) atoms. The molecule has 2 aromatic heterocycles. The number of hydrogen-bond acceptors (Lipinski definition) is 6. The lowest BCUT2D eigenvalue weighted by Gasteiger charge is -2.13. The molecule has 3 heterocycles. The Hall–Kier alpha value is -2.78. The highest BCUT2D eigenvalue weighted by molar-refractivity contribution is 7.16. The van der Waals surface area contributed by atoms with E-state index < -0.39 is 18.0 Å². The van der Waals surface area contributed by atoms with Crippen LogP contribution >= 0.6 is 22.9 Å². The number of ether oxygens (including phenoxy) is 1. The second-order valence-electron chi connectivity index (χ2n) is 6.89. The second-order valence-corrected chi connectivity index (χ2v) is 8.69. The second kappa shape index (κ2) is 8.53. The molecule has 1 saturated heterocycles. The van der Waals surface area contributed by atoms with Crippen LogP contribution in [0.4, 0.5) is 10.5 Å². The summed E-state index contributed by atoms with van der Waals surface area (Å²) in [6, 6.07) is 8.86. The van der Waals surface area contributed by atoms with Gasteiger partial charge in [-0.25, -0.2) is 9.59 Å². The zero-order valence-corrected chi connectivity index (χ0v) is 17.8. The summed E-state index contributed by atoms with van der Waals surface area (Å²) in [5, 5.41) is 2.81. The van der Waals surface area contributed by atoms with Gasteiger partial charge in [0.1, 0.15) is 6.10 Å². The number of anilines is 1. The Bertz CT molecular complexity index is 1150. The Balaban J connectivity index is 1.34. The van der Waals surface area contributed by atoms with Crippen LogP contribution in [0.2, 0.25) is 4.34 Å². The summed E-state index contributed by atoms with van der Waals surface area (Å²) in [5.74, 6) is -0.544. The number of amides is 2. The Labute approximate surface area is 181 Å². The van der Waals surface area contributed by atoms with Crippen molar-refractivity contribution in [1.82, 2.24) is 9.88 Å². The third-order valence-electron chi connectivity index (χ3n) is 4.91. The summed E-state index contributed by atoms with van der Waals surface area (Å²) in [7, 11) is 0. The van der Waals surface area contributed by atoms with E-state index >= 15 is 0 Å². The number of halogens is 1. The normalized spacial score (nSPS) is 16.3. The van der Waals surface area contributed by atoms with Crippen LogP contribution in [0.15, 0.2) is 39.5 Å². The summed E-state index contributed by atoms with van der Waals surface area (Å²) in [4.78, 5) is 38.7. The van der Waals surface area contributed by atoms with Crippen LogP contribution in [0, 0.1) is 0 Å². The summed E-state index contributed by atoms with van der Waals surface area (Å²) in [6.07, 6.45) is -0.00649. The smallest absolute Gasteiger partial charge is 0.419 e. The van der Waals surface area contributed by atoms with Crippen LogP contribution in [-0.4, -0.2) is 35.8 Å². The number of cyclic esters (lactones) is 1. The Morgan fingerprint density at radius 2 is 2.13 bits per heavy atom. The van der Waals surface area contributed by atoms with Crippen molar-refractivity contribution in [3.63, 3.8) is 0 Å². The minimum absolute atomic E-state index is 0.113. The number of thiophene rings is 1. The van der Waals surface area contributed by atoms with Gasteiger partial charge in [0.25, 0.3) is 0 Å². The van der Waals surface area contributed by atoms with E-state index in [4.69, 9.17) is 20.8 Å². The number of nitrogens with one attached hydrogen (secondary N) is 1. The third-order valence-corrected chi connectivity index (χ3v) is 6.20. The highest BCUT2D eigenvalue weighted by Gasteiger charge is 2.33. The van der Waals surface area contributed by atoms with E-state index in [0.29, 0.717) is 47.1 Å². The number of aryl methyl sites for hydroxylation is 2. The molecule has 1 aliphatic heterocycles. The minimum Gasteiger partial charge on any atom is -0.442 e. The van der Waals surface area contributed by atoms with Gasteiger partial charge in [-0.2, -0.15) is 0 Å². The minimum atomic E-state index is -0.501. The molecule has 1 fully saturated rings. The van der Waals surface area contributed by atoms with Crippen molar-refractivity contribution < 1.29 is 18.7 Å². The molecule has 4 rings (SSSR count). The maximum Gasteiger partial charge on any atom is 0.419 e. The van der Waals surface area contributed by atoms with Gasteiger partial charge >= 0.3 is 11.8 Å². The summed E-state index contributed by atoms with van der Waals surface area (Å²) in [6.45, 7) is 2.88. The quantitative estimate of drug-likeness (QED) is 0.596. The van der Waals surface area contributed by atoms with E-state index in [0.717, 1.165) is 4.88 Å². The number of carbonyl (C=O) groups is 2. The first-order chi connectivity index (χ1) is 14.4. The highest BCUT2D eigenvalue weighted by atomic mass is 35.5. The summed E-state index contributed by atoms with van der Waals surface area (Å²) >= 11 is 7.35. The molecule has 0 bridgehead atoms. The third kappa shape index (κ3) is 4.22. The van der Waals surface area contributed by atoms with Crippen LogP contribution in [-0.2, 0) is 22.5 Å². The van der Waals surface area contributed by atoms with Crippen LogP contribution in [0.1, 0.15) is 18.2 Å². The van der Waals surface area contributed by atoms with Gasteiger partial charge in [-0.3, -0.25) is 14.3 Å². The first kappa shape index (κ1) is 20.5. The van der Waals surface area contributed by atoms with Crippen molar-refractivity contribution >= 4 is 51.7 Å². The van der Waals surface area contributed by atoms with E-state index in [1.54, 1.807) is 18.2 Å². The first-order valence-corrected chi connectivity index (χ1v) is 10.8. The van der Waals surface area contributed by atoms with Gasteiger partial charge in [0, 0.05) is 23.9 Å². The SMILES string of the molecule is CCn1c(=O)oc2cc(N3CC(CNC(=O)CCc4ccc(Cl)s4)OC3=O)ccc21. The number of fused-ring (bicyclic) bond motifs is 1. The van der Waals surface area contributed by atoms with Gasteiger partial charge < -0.3 is 14.5 Å². The molecule has 1 unspecified atom stereocenters. The van der Waals surface area contributed by atoms with Gasteiger partial charge in [-0.1, -0.05) is 11.6 Å². The average Bonchev–Trinajstić information content (AvgIpc) is 3.40. The maximum atomic E-state index is 12.3. The van der Waals surface area contributed by atoms with Crippen molar-refractivity contribution in [3.05, 3.63) is 50.1 Å². The predicted molar refractivity (Wildman–Crippen MR) is 114 cm³/mol. The largest absolute Gasteiger partial charge is 0.442 e. The fourth-order valence-corrected chi connectivity index (χ4v) is 4.49. The molecule has 1 aromatic carbocycles. The number of hydrogen-bond donors (Lipinski definition) is 1. The number of rotatable bonds is 7. The van der Waals surface area contributed by atoms with Gasteiger partial charge in [-0.05, 0) is 37.6 Å². The van der Waals surface area contributed by atoms with Crippen LogP contribution in [0.5, 0.6) is 0 Å². The summed E-state index contributed by atoms with van der Waals surface area (Å²) in [5.41, 5.74) is 1.67. The standard InChI is InChI=1S/C20H20ClN3O5S/c1-2-23-15-6-3-12(9-16(15)29-19(23)26)24-11-13(28-20(24)27)10-22-18(25)8-5-14-4-7-17(21)30-14/h3-4,6-7,9,13H,2,5,8,10-11H2,1H3,(H,22,25). The van der Waals surface area contributed by atoms with Crippen molar-refractivity contribution in [3.8, 4) is 0 Å². The molecule has 1 aliphatic rings. The number of oxazole rings is 1. The lowest BCUT2D eigenvalue weighted by Crippen LogP contribution is -2.34. The van der Waals surface area contributed by atoms with Crippen molar-refractivity contribution in [2.24, 2.45) is 0 Å². The number of benzene rings is 1. The zero-order chi connectivity index (χ0) is 21.3. The van der Waals surface area contributed by atoms with Gasteiger partial charge in [0.2, 0.25) is 5.91 Å². The van der Waals surface area contributed by atoms with Crippen LogP contribution in [0.25, 0.3) is 11.1 Å². The Kier molecular flexibility index (Phi) is 5.83. The van der Waals surface area contributed by atoms with Gasteiger partial charge in [0.05, 0.1) is 28.6 Å².